The number of imidazole rings is 1. The van der Waals surface area contributed by atoms with Crippen molar-refractivity contribution in [2.75, 3.05) is 5.73 Å². The molecule has 90 valence electrons. The molecule has 0 aromatic carbocycles. The minimum Gasteiger partial charge on any atom is -0.383 e. The molecule has 4 nitrogen and oxygen atoms in total. The predicted octanol–water partition coefficient (Wildman–Crippen LogP) is 2.60. The number of aromatic nitrogens is 3. The summed E-state index contributed by atoms with van der Waals surface area (Å²) in [6.45, 7) is 4.04. The van der Waals surface area contributed by atoms with E-state index in [1.807, 2.05) is 54.9 Å². The van der Waals surface area contributed by atoms with Crippen molar-refractivity contribution in [1.82, 2.24) is 14.4 Å². The van der Waals surface area contributed by atoms with Crippen molar-refractivity contribution in [3.8, 4) is 11.4 Å². The molecule has 0 saturated carbocycles. The number of aryl methyl sites for hydroxylation is 2. The van der Waals surface area contributed by atoms with Crippen LogP contribution in [0.4, 0.5) is 5.82 Å². The second-order valence-corrected chi connectivity index (χ2v) is 4.50. The number of nitrogen functional groups attached to an aromatic ring is 1. The smallest absolute Gasteiger partial charge is 0.139 e. The molecule has 0 aliphatic heterocycles. The molecule has 0 bridgehead atoms. The van der Waals surface area contributed by atoms with Gasteiger partial charge in [0.2, 0.25) is 0 Å². The van der Waals surface area contributed by atoms with Crippen LogP contribution in [0.3, 0.4) is 0 Å². The number of nitrogens with two attached hydrogens (primary N) is 1. The topological polar surface area (TPSA) is 56.2 Å². The van der Waals surface area contributed by atoms with Crippen LogP contribution in [0.15, 0.2) is 36.7 Å². The van der Waals surface area contributed by atoms with Crippen molar-refractivity contribution >= 4 is 11.5 Å². The lowest BCUT2D eigenvalue weighted by Gasteiger charge is -1.99. The highest BCUT2D eigenvalue weighted by Gasteiger charge is 2.11. The molecule has 0 unspecified atom stereocenters. The van der Waals surface area contributed by atoms with Gasteiger partial charge in [0.1, 0.15) is 17.2 Å². The molecular weight excluding hydrogens is 224 g/mol. The zero-order valence-corrected chi connectivity index (χ0v) is 10.4. The van der Waals surface area contributed by atoms with Crippen molar-refractivity contribution in [3.05, 3.63) is 47.8 Å². The van der Waals surface area contributed by atoms with Crippen molar-refractivity contribution in [2.24, 2.45) is 0 Å². The third-order valence-corrected chi connectivity index (χ3v) is 2.96. The Kier molecular flexibility index (Phi) is 2.30. The van der Waals surface area contributed by atoms with Gasteiger partial charge in [0.25, 0.3) is 0 Å². The molecule has 0 aliphatic carbocycles. The summed E-state index contributed by atoms with van der Waals surface area (Å²) >= 11 is 0. The first kappa shape index (κ1) is 10.8. The highest BCUT2D eigenvalue weighted by Crippen LogP contribution is 2.25. The van der Waals surface area contributed by atoms with Gasteiger partial charge in [-0.2, -0.15) is 0 Å². The minimum atomic E-state index is 0.630. The van der Waals surface area contributed by atoms with Crippen LogP contribution in [-0.2, 0) is 0 Å². The maximum atomic E-state index is 6.14. The maximum Gasteiger partial charge on any atom is 0.139 e. The zero-order chi connectivity index (χ0) is 12.7. The molecular formula is C14H14N4. The third-order valence-electron chi connectivity index (χ3n) is 2.96. The van der Waals surface area contributed by atoms with E-state index in [0.717, 1.165) is 28.2 Å². The predicted molar refractivity (Wildman–Crippen MR) is 72.3 cm³/mol. The lowest BCUT2D eigenvalue weighted by molar-refractivity contribution is 1.16. The molecule has 4 heteroatoms. The van der Waals surface area contributed by atoms with E-state index in [2.05, 4.69) is 9.97 Å². The Morgan fingerprint density at radius 1 is 1.06 bits per heavy atom. The number of nitrogens with zero attached hydrogens (tertiary/aromatic N) is 3. The van der Waals surface area contributed by atoms with Gasteiger partial charge >= 0.3 is 0 Å². The average molecular weight is 238 g/mol. The molecule has 0 atom stereocenters. The van der Waals surface area contributed by atoms with Crippen molar-refractivity contribution in [3.63, 3.8) is 0 Å². The quantitative estimate of drug-likeness (QED) is 0.709. The molecule has 0 aliphatic rings. The Balaban J connectivity index is 2.23. The Hall–Kier alpha value is -2.36. The van der Waals surface area contributed by atoms with Crippen LogP contribution < -0.4 is 5.73 Å². The fourth-order valence-electron chi connectivity index (χ4n) is 1.97. The Bertz CT molecular complexity index is 710. The largest absolute Gasteiger partial charge is 0.383 e. The molecule has 0 radical (unpaired) electrons. The Morgan fingerprint density at radius 3 is 2.56 bits per heavy atom. The monoisotopic (exact) mass is 238 g/mol. The first-order valence-electron chi connectivity index (χ1n) is 5.82. The maximum absolute atomic E-state index is 6.14. The molecule has 3 rings (SSSR count). The molecule has 3 heterocycles. The van der Waals surface area contributed by atoms with Crippen molar-refractivity contribution < 1.29 is 0 Å². The van der Waals surface area contributed by atoms with Crippen molar-refractivity contribution in [1.29, 1.82) is 0 Å². The van der Waals surface area contributed by atoms with Gasteiger partial charge in [0.15, 0.2) is 0 Å². The Morgan fingerprint density at radius 2 is 1.83 bits per heavy atom. The van der Waals surface area contributed by atoms with E-state index < -0.39 is 0 Å². The standard InChI is InChI=1S/C14H14N4/c1-9-3-5-11(16-7-9)13-14(15)18-8-10(2)4-6-12(18)17-13/h3-8H,15H2,1-2H3. The number of anilines is 1. The summed E-state index contributed by atoms with van der Waals surface area (Å²) in [4.78, 5) is 8.90. The number of fused-ring (bicyclic) bond motifs is 1. The number of pyridine rings is 2. The van der Waals surface area contributed by atoms with Crippen LogP contribution in [-0.4, -0.2) is 14.4 Å². The number of rotatable bonds is 1. The van der Waals surface area contributed by atoms with Crippen LogP contribution in [0, 0.1) is 13.8 Å². The van der Waals surface area contributed by atoms with E-state index in [0.29, 0.717) is 5.82 Å². The van der Waals surface area contributed by atoms with E-state index in [1.54, 1.807) is 0 Å². The van der Waals surface area contributed by atoms with Gasteiger partial charge in [-0.3, -0.25) is 9.38 Å². The normalized spacial score (nSPS) is 11.0. The van der Waals surface area contributed by atoms with Crippen LogP contribution in [0.5, 0.6) is 0 Å². The highest BCUT2D eigenvalue weighted by molar-refractivity contribution is 5.72. The second kappa shape index (κ2) is 3.84. The van der Waals surface area contributed by atoms with Gasteiger partial charge in [0, 0.05) is 12.4 Å². The first-order valence-corrected chi connectivity index (χ1v) is 5.82. The van der Waals surface area contributed by atoms with Gasteiger partial charge in [-0.25, -0.2) is 4.98 Å². The van der Waals surface area contributed by atoms with Crippen LogP contribution >= 0.6 is 0 Å². The molecule has 0 spiro atoms. The van der Waals surface area contributed by atoms with E-state index in [4.69, 9.17) is 5.73 Å². The van der Waals surface area contributed by atoms with E-state index in [9.17, 15) is 0 Å². The molecule has 2 N–H and O–H groups in total. The zero-order valence-electron chi connectivity index (χ0n) is 10.4. The lowest BCUT2D eigenvalue weighted by Crippen LogP contribution is -1.95. The summed E-state index contributed by atoms with van der Waals surface area (Å²) in [6.07, 6.45) is 3.80. The molecule has 3 aromatic rings. The van der Waals surface area contributed by atoms with Crippen LogP contribution in [0.2, 0.25) is 0 Å². The molecule has 0 saturated heterocycles. The summed E-state index contributed by atoms with van der Waals surface area (Å²) in [5, 5.41) is 0. The third kappa shape index (κ3) is 1.62. The highest BCUT2D eigenvalue weighted by atomic mass is 15.1. The molecule has 0 amide bonds. The molecule has 3 aromatic heterocycles. The summed E-state index contributed by atoms with van der Waals surface area (Å²) in [7, 11) is 0. The van der Waals surface area contributed by atoms with Crippen molar-refractivity contribution in [2.45, 2.75) is 13.8 Å². The Labute approximate surface area is 105 Å². The lowest BCUT2D eigenvalue weighted by atomic mass is 10.2. The summed E-state index contributed by atoms with van der Waals surface area (Å²) < 4.78 is 1.90. The van der Waals surface area contributed by atoms with Gasteiger partial charge in [-0.05, 0) is 37.1 Å². The minimum absolute atomic E-state index is 0.630. The van der Waals surface area contributed by atoms with Gasteiger partial charge in [-0.1, -0.05) is 12.1 Å². The molecule has 18 heavy (non-hydrogen) atoms. The molecule has 0 fully saturated rings. The van der Waals surface area contributed by atoms with E-state index in [-0.39, 0.29) is 0 Å². The van der Waals surface area contributed by atoms with E-state index in [1.165, 1.54) is 0 Å². The van der Waals surface area contributed by atoms with Gasteiger partial charge in [0.05, 0.1) is 5.69 Å². The fraction of sp³-hybridized carbons (Fsp3) is 0.143. The van der Waals surface area contributed by atoms with E-state index >= 15 is 0 Å². The van der Waals surface area contributed by atoms with Gasteiger partial charge < -0.3 is 5.73 Å². The fourth-order valence-corrected chi connectivity index (χ4v) is 1.97. The summed E-state index contributed by atoms with van der Waals surface area (Å²) in [5.74, 6) is 0.630. The first-order chi connectivity index (χ1) is 8.65. The van der Waals surface area contributed by atoms with Gasteiger partial charge in [-0.15, -0.1) is 0 Å². The SMILES string of the molecule is Cc1ccc(-c2nc3ccc(C)cn3c2N)nc1. The summed E-state index contributed by atoms with van der Waals surface area (Å²) in [6, 6.07) is 7.94. The number of hydrogen-bond acceptors (Lipinski definition) is 3. The average Bonchev–Trinajstić information content (AvgIpc) is 2.68. The summed E-state index contributed by atoms with van der Waals surface area (Å²) in [5.41, 5.74) is 10.8. The second-order valence-electron chi connectivity index (χ2n) is 4.50. The van der Waals surface area contributed by atoms with Crippen LogP contribution in [0.25, 0.3) is 17.0 Å². The number of hydrogen-bond donors (Lipinski definition) is 1. The van der Waals surface area contributed by atoms with Crippen LogP contribution in [0.1, 0.15) is 11.1 Å².